The Bertz CT molecular complexity index is 181. The third-order valence-electron chi connectivity index (χ3n) is 1.74. The molecule has 1 rings (SSSR count). The Balaban J connectivity index is 2.28. The maximum atomic E-state index is 2.27. The molecule has 0 nitrogen and oxygen atoms in total. The maximum absolute atomic E-state index is 2.27. The second-order valence-electron chi connectivity index (χ2n) is 2.69. The summed E-state index contributed by atoms with van der Waals surface area (Å²) in [5.74, 6) is 0. The van der Waals surface area contributed by atoms with Gasteiger partial charge in [-0.05, 0) is 12.0 Å². The first-order valence-electron chi connectivity index (χ1n) is 4.12. The average Bonchev–Trinajstić information content (AvgIpc) is 2.07. The van der Waals surface area contributed by atoms with E-state index in [1.807, 2.05) is 0 Å². The van der Waals surface area contributed by atoms with Gasteiger partial charge in [0.05, 0.1) is 0 Å². The van der Waals surface area contributed by atoms with Gasteiger partial charge in [0.1, 0.15) is 0 Å². The van der Waals surface area contributed by atoms with Crippen LogP contribution < -0.4 is 0 Å². The highest BCUT2D eigenvalue weighted by Crippen LogP contribution is 2.03. The SMILES string of the molecule is C[Si]CCCc1ccccc1. The Morgan fingerprint density at radius 3 is 2.55 bits per heavy atom. The molecule has 0 saturated heterocycles. The highest BCUT2D eigenvalue weighted by molar-refractivity contribution is 6.33. The minimum Gasteiger partial charge on any atom is -0.0733 e. The van der Waals surface area contributed by atoms with Gasteiger partial charge in [-0.1, -0.05) is 49.3 Å². The first kappa shape index (κ1) is 8.53. The predicted molar refractivity (Wildman–Crippen MR) is 51.2 cm³/mol. The third kappa shape index (κ3) is 3.37. The molecule has 0 aliphatic heterocycles. The monoisotopic (exact) mass is 162 g/mol. The molecule has 0 atom stereocenters. The van der Waals surface area contributed by atoms with Crippen LogP contribution in [0.3, 0.4) is 0 Å². The smallest absolute Gasteiger partial charge is 0.0342 e. The van der Waals surface area contributed by atoms with Crippen LogP contribution in [0.2, 0.25) is 12.6 Å². The molecule has 1 aromatic rings. The van der Waals surface area contributed by atoms with Crippen LogP contribution in [0.4, 0.5) is 0 Å². The Labute approximate surface area is 71.5 Å². The lowest BCUT2D eigenvalue weighted by molar-refractivity contribution is 0.915. The largest absolute Gasteiger partial charge is 0.0733 e. The van der Waals surface area contributed by atoms with Crippen molar-refractivity contribution in [2.75, 3.05) is 0 Å². The fraction of sp³-hybridized carbons (Fsp3) is 0.400. The van der Waals surface area contributed by atoms with Crippen molar-refractivity contribution in [3.63, 3.8) is 0 Å². The molecular weight excluding hydrogens is 148 g/mol. The summed E-state index contributed by atoms with van der Waals surface area (Å²) >= 11 is 0. The van der Waals surface area contributed by atoms with Crippen LogP contribution in [0.5, 0.6) is 0 Å². The first-order valence-corrected chi connectivity index (χ1v) is 5.82. The van der Waals surface area contributed by atoms with Crippen molar-refractivity contribution in [2.45, 2.75) is 25.4 Å². The van der Waals surface area contributed by atoms with E-state index in [1.165, 1.54) is 24.4 Å². The summed E-state index contributed by atoms with van der Waals surface area (Å²) in [6.07, 6.45) is 2.60. The summed E-state index contributed by atoms with van der Waals surface area (Å²) in [6.45, 7) is 2.27. The lowest BCUT2D eigenvalue weighted by Crippen LogP contribution is -1.86. The zero-order valence-electron chi connectivity index (χ0n) is 7.01. The number of benzene rings is 1. The van der Waals surface area contributed by atoms with E-state index in [-0.39, 0.29) is 0 Å². The Morgan fingerprint density at radius 1 is 1.18 bits per heavy atom. The minimum absolute atomic E-state index is 1.11. The number of rotatable bonds is 4. The van der Waals surface area contributed by atoms with Gasteiger partial charge in [-0.2, -0.15) is 0 Å². The first-order chi connectivity index (χ1) is 5.43. The van der Waals surface area contributed by atoms with E-state index in [9.17, 15) is 0 Å². The molecule has 58 valence electrons. The van der Waals surface area contributed by atoms with E-state index in [0.717, 1.165) is 9.52 Å². The van der Waals surface area contributed by atoms with E-state index in [0.29, 0.717) is 0 Å². The molecule has 11 heavy (non-hydrogen) atoms. The molecule has 0 fully saturated rings. The molecule has 0 bridgehead atoms. The zero-order chi connectivity index (χ0) is 7.94. The highest BCUT2D eigenvalue weighted by atomic mass is 28.2. The van der Waals surface area contributed by atoms with Gasteiger partial charge in [-0.25, -0.2) is 0 Å². The molecular formula is C10H14Si. The van der Waals surface area contributed by atoms with Crippen LogP contribution in [-0.4, -0.2) is 9.52 Å². The lowest BCUT2D eigenvalue weighted by Gasteiger charge is -1.97. The molecule has 0 saturated carbocycles. The Hall–Kier alpha value is -0.563. The molecule has 0 aromatic heterocycles. The fourth-order valence-electron chi connectivity index (χ4n) is 1.11. The highest BCUT2D eigenvalue weighted by Gasteiger charge is 1.89. The van der Waals surface area contributed by atoms with Crippen LogP contribution >= 0.6 is 0 Å². The summed E-state index contributed by atoms with van der Waals surface area (Å²) in [5, 5.41) is 0. The fourth-order valence-corrected chi connectivity index (χ4v) is 1.64. The molecule has 2 radical (unpaired) electrons. The van der Waals surface area contributed by atoms with Gasteiger partial charge in [0.2, 0.25) is 0 Å². The Morgan fingerprint density at radius 2 is 1.91 bits per heavy atom. The van der Waals surface area contributed by atoms with Gasteiger partial charge >= 0.3 is 0 Å². The molecule has 0 amide bonds. The zero-order valence-corrected chi connectivity index (χ0v) is 8.01. The van der Waals surface area contributed by atoms with Crippen LogP contribution in [0, 0.1) is 0 Å². The standard InChI is InChI=1S/C10H14Si/c1-11-9-5-8-10-6-3-2-4-7-10/h2-4,6-7H,5,8-9H2,1H3. The molecule has 0 aliphatic carbocycles. The van der Waals surface area contributed by atoms with Crippen molar-refractivity contribution < 1.29 is 0 Å². The number of hydrogen-bond acceptors (Lipinski definition) is 0. The summed E-state index contributed by atoms with van der Waals surface area (Å²) in [4.78, 5) is 0. The quantitative estimate of drug-likeness (QED) is 0.472. The van der Waals surface area contributed by atoms with Gasteiger partial charge in [-0.3, -0.25) is 0 Å². The van der Waals surface area contributed by atoms with Gasteiger partial charge < -0.3 is 0 Å². The Kier molecular flexibility index (Phi) is 3.98. The lowest BCUT2D eigenvalue weighted by atomic mass is 10.1. The van der Waals surface area contributed by atoms with Crippen LogP contribution in [0.1, 0.15) is 12.0 Å². The van der Waals surface area contributed by atoms with Crippen molar-refractivity contribution >= 4 is 9.52 Å². The van der Waals surface area contributed by atoms with Crippen LogP contribution in [-0.2, 0) is 6.42 Å². The van der Waals surface area contributed by atoms with E-state index < -0.39 is 0 Å². The molecule has 0 heterocycles. The van der Waals surface area contributed by atoms with Gasteiger partial charge in [-0.15, -0.1) is 0 Å². The molecule has 0 N–H and O–H groups in total. The van der Waals surface area contributed by atoms with Gasteiger partial charge in [0.15, 0.2) is 0 Å². The maximum Gasteiger partial charge on any atom is 0.0342 e. The van der Waals surface area contributed by atoms with E-state index in [4.69, 9.17) is 0 Å². The van der Waals surface area contributed by atoms with E-state index in [2.05, 4.69) is 36.9 Å². The van der Waals surface area contributed by atoms with E-state index >= 15 is 0 Å². The summed E-state index contributed by atoms with van der Waals surface area (Å²) in [7, 11) is 1.11. The van der Waals surface area contributed by atoms with Crippen molar-refractivity contribution in [3.8, 4) is 0 Å². The average molecular weight is 162 g/mol. The number of aryl methyl sites for hydroxylation is 1. The van der Waals surface area contributed by atoms with Crippen molar-refractivity contribution in [3.05, 3.63) is 35.9 Å². The molecule has 1 heteroatoms. The van der Waals surface area contributed by atoms with Crippen molar-refractivity contribution in [2.24, 2.45) is 0 Å². The molecule has 1 aromatic carbocycles. The summed E-state index contributed by atoms with van der Waals surface area (Å²) in [6, 6.07) is 12.1. The molecule has 0 unspecified atom stereocenters. The summed E-state index contributed by atoms with van der Waals surface area (Å²) in [5.41, 5.74) is 1.48. The van der Waals surface area contributed by atoms with Crippen molar-refractivity contribution in [1.82, 2.24) is 0 Å². The van der Waals surface area contributed by atoms with Gasteiger partial charge in [0, 0.05) is 9.52 Å². The second kappa shape index (κ2) is 5.14. The third-order valence-corrected chi connectivity index (χ3v) is 2.59. The van der Waals surface area contributed by atoms with E-state index in [1.54, 1.807) is 0 Å². The topological polar surface area (TPSA) is 0 Å². The van der Waals surface area contributed by atoms with Crippen LogP contribution in [0.15, 0.2) is 30.3 Å². The van der Waals surface area contributed by atoms with Crippen LogP contribution in [0.25, 0.3) is 0 Å². The van der Waals surface area contributed by atoms with Gasteiger partial charge in [0.25, 0.3) is 0 Å². The second-order valence-corrected chi connectivity index (χ2v) is 3.90. The molecule has 0 aliphatic rings. The minimum atomic E-state index is 1.11. The predicted octanol–water partition coefficient (Wildman–Crippen LogP) is 2.79. The normalized spacial score (nSPS) is 9.91. The molecule has 0 spiro atoms. The number of hydrogen-bond donors (Lipinski definition) is 0. The van der Waals surface area contributed by atoms with Crippen molar-refractivity contribution in [1.29, 1.82) is 0 Å². The summed E-state index contributed by atoms with van der Waals surface area (Å²) < 4.78 is 0.